The summed E-state index contributed by atoms with van der Waals surface area (Å²) < 4.78 is 5.89. The van der Waals surface area contributed by atoms with Gasteiger partial charge in [-0.25, -0.2) is 0 Å². The van der Waals surface area contributed by atoms with Crippen LogP contribution in [0.3, 0.4) is 0 Å². The molecule has 0 aliphatic heterocycles. The normalized spacial score (nSPS) is 14.0. The molecule has 0 heterocycles. The molecule has 0 spiro atoms. The van der Waals surface area contributed by atoms with Crippen LogP contribution in [0, 0.1) is 19.8 Å². The first kappa shape index (κ1) is 23.5. The SMILES string of the molecule is CSc1ccc(C(=O)[C@@H](C)[C@H](C)c2cc(C)c(OC(C)(C)C(O)O)c(C)c2)cc1. The van der Waals surface area contributed by atoms with Crippen molar-refractivity contribution in [2.45, 2.75) is 64.2 Å². The van der Waals surface area contributed by atoms with Gasteiger partial charge in [0, 0.05) is 16.4 Å². The van der Waals surface area contributed by atoms with Crippen molar-refractivity contribution in [1.29, 1.82) is 0 Å². The largest absolute Gasteiger partial charge is 0.482 e. The summed E-state index contributed by atoms with van der Waals surface area (Å²) in [5, 5.41) is 19.1. The van der Waals surface area contributed by atoms with Crippen molar-refractivity contribution in [3.05, 3.63) is 58.7 Å². The molecule has 158 valence electrons. The highest BCUT2D eigenvalue weighted by Gasteiger charge is 2.30. The van der Waals surface area contributed by atoms with Crippen molar-refractivity contribution in [2.75, 3.05) is 6.26 Å². The fraction of sp³-hybridized carbons (Fsp3) is 0.458. The summed E-state index contributed by atoms with van der Waals surface area (Å²) in [6, 6.07) is 11.8. The molecule has 2 atom stereocenters. The number of rotatable bonds is 8. The van der Waals surface area contributed by atoms with Crippen molar-refractivity contribution < 1.29 is 19.7 Å². The van der Waals surface area contributed by atoms with E-state index >= 15 is 0 Å². The van der Waals surface area contributed by atoms with Crippen LogP contribution in [-0.4, -0.2) is 34.1 Å². The minimum absolute atomic E-state index is 0.0330. The summed E-state index contributed by atoms with van der Waals surface area (Å²) in [6.07, 6.45) is 0.428. The van der Waals surface area contributed by atoms with Crippen molar-refractivity contribution in [1.82, 2.24) is 0 Å². The highest BCUT2D eigenvalue weighted by atomic mass is 32.2. The number of aliphatic hydroxyl groups is 2. The molecule has 2 rings (SSSR count). The molecule has 0 saturated heterocycles. The second-order valence-corrected chi connectivity index (χ2v) is 9.11. The van der Waals surface area contributed by atoms with Crippen LogP contribution in [0.5, 0.6) is 5.75 Å². The molecule has 5 heteroatoms. The van der Waals surface area contributed by atoms with Gasteiger partial charge in [0.15, 0.2) is 17.7 Å². The molecule has 0 fully saturated rings. The van der Waals surface area contributed by atoms with Gasteiger partial charge in [0.1, 0.15) is 5.75 Å². The number of aliphatic hydroxyl groups excluding tert-OH is 1. The van der Waals surface area contributed by atoms with Crippen molar-refractivity contribution in [3.63, 3.8) is 0 Å². The van der Waals surface area contributed by atoms with Crippen molar-refractivity contribution in [2.24, 2.45) is 5.92 Å². The Bertz CT molecular complexity index is 833. The van der Waals surface area contributed by atoms with Gasteiger partial charge in [0.25, 0.3) is 0 Å². The maximum absolute atomic E-state index is 13.0. The first-order valence-electron chi connectivity index (χ1n) is 9.82. The average molecular weight is 417 g/mol. The van der Waals surface area contributed by atoms with Gasteiger partial charge in [-0.1, -0.05) is 38.1 Å². The highest BCUT2D eigenvalue weighted by molar-refractivity contribution is 7.98. The zero-order valence-corrected chi connectivity index (χ0v) is 19.1. The maximum Gasteiger partial charge on any atom is 0.192 e. The van der Waals surface area contributed by atoms with Gasteiger partial charge in [-0.2, -0.15) is 0 Å². The number of carbonyl (C=O) groups excluding carboxylic acids is 1. The fourth-order valence-electron chi connectivity index (χ4n) is 3.26. The second kappa shape index (κ2) is 9.33. The summed E-state index contributed by atoms with van der Waals surface area (Å²) in [6.45, 7) is 11.2. The Kier molecular flexibility index (Phi) is 7.55. The molecule has 2 N–H and O–H groups in total. The standard InChI is InChI=1S/C24H32O4S/c1-14-12-19(13-15(2)22(14)28-24(5,6)23(26)27)16(3)17(4)21(25)18-8-10-20(29-7)11-9-18/h8-13,16-17,23,26-27H,1-7H3/t16-,17-/m0/s1. The van der Waals surface area contributed by atoms with Crippen LogP contribution in [0.4, 0.5) is 0 Å². The Balaban J connectivity index is 2.25. The lowest BCUT2D eigenvalue weighted by atomic mass is 9.82. The van der Waals surface area contributed by atoms with E-state index in [9.17, 15) is 15.0 Å². The number of carbonyl (C=O) groups is 1. The zero-order chi connectivity index (χ0) is 21.9. The number of Topliss-reactive ketones (excluding diaryl/α,β-unsaturated/α-hetero) is 1. The molecule has 4 nitrogen and oxygen atoms in total. The predicted molar refractivity (Wildman–Crippen MR) is 119 cm³/mol. The lowest BCUT2D eigenvalue weighted by Crippen LogP contribution is -2.42. The third-order valence-electron chi connectivity index (χ3n) is 5.53. The first-order chi connectivity index (χ1) is 13.5. The maximum atomic E-state index is 13.0. The number of aryl methyl sites for hydroxylation is 2. The number of hydrogen-bond acceptors (Lipinski definition) is 5. The van der Waals surface area contributed by atoms with E-state index in [4.69, 9.17) is 4.74 Å². The molecular formula is C24H32O4S. The Hall–Kier alpha value is -1.82. The molecule has 0 amide bonds. The van der Waals surface area contributed by atoms with E-state index in [1.54, 1.807) is 25.6 Å². The smallest absolute Gasteiger partial charge is 0.192 e. The quantitative estimate of drug-likeness (QED) is 0.355. The first-order valence-corrected chi connectivity index (χ1v) is 11.0. The van der Waals surface area contributed by atoms with E-state index in [0.717, 1.165) is 27.1 Å². The van der Waals surface area contributed by atoms with E-state index in [2.05, 4.69) is 6.92 Å². The van der Waals surface area contributed by atoms with Crippen LogP contribution < -0.4 is 4.74 Å². The molecule has 0 aromatic heterocycles. The Morgan fingerprint density at radius 3 is 2.00 bits per heavy atom. The average Bonchev–Trinajstić information content (AvgIpc) is 2.68. The minimum atomic E-state index is -1.59. The van der Waals surface area contributed by atoms with Gasteiger partial charge in [0.05, 0.1) is 0 Å². The van der Waals surface area contributed by atoms with Gasteiger partial charge in [-0.3, -0.25) is 4.79 Å². The molecule has 0 aliphatic carbocycles. The lowest BCUT2D eigenvalue weighted by molar-refractivity contribution is -0.154. The molecule has 29 heavy (non-hydrogen) atoms. The Labute approximate surface area is 178 Å². The molecule has 0 radical (unpaired) electrons. The number of ether oxygens (including phenoxy) is 1. The van der Waals surface area contributed by atoms with E-state index < -0.39 is 11.9 Å². The monoisotopic (exact) mass is 416 g/mol. The van der Waals surface area contributed by atoms with Gasteiger partial charge in [-0.15, -0.1) is 11.8 Å². The molecule has 2 aromatic carbocycles. The number of hydrogen-bond donors (Lipinski definition) is 2. The zero-order valence-electron chi connectivity index (χ0n) is 18.3. The number of ketones is 1. The molecule has 0 unspecified atom stereocenters. The predicted octanol–water partition coefficient (Wildman–Crippen LogP) is 5.12. The molecule has 0 saturated carbocycles. The van der Waals surface area contributed by atoms with Gasteiger partial charge < -0.3 is 14.9 Å². The van der Waals surface area contributed by atoms with Gasteiger partial charge in [0.2, 0.25) is 0 Å². The van der Waals surface area contributed by atoms with Gasteiger partial charge >= 0.3 is 0 Å². The summed E-state index contributed by atoms with van der Waals surface area (Å²) in [5.74, 6) is 0.637. The molecule has 0 aliphatic rings. The van der Waals surface area contributed by atoms with E-state index in [-0.39, 0.29) is 17.6 Å². The van der Waals surface area contributed by atoms with Crippen LogP contribution in [0.1, 0.15) is 60.7 Å². The van der Waals surface area contributed by atoms with Crippen LogP contribution in [-0.2, 0) is 0 Å². The minimum Gasteiger partial charge on any atom is -0.482 e. The third-order valence-corrected chi connectivity index (χ3v) is 6.28. The third kappa shape index (κ3) is 5.41. The lowest BCUT2D eigenvalue weighted by Gasteiger charge is -2.30. The van der Waals surface area contributed by atoms with Gasteiger partial charge in [-0.05, 0) is 68.7 Å². The topological polar surface area (TPSA) is 66.8 Å². The van der Waals surface area contributed by atoms with Crippen molar-refractivity contribution in [3.8, 4) is 5.75 Å². The van der Waals surface area contributed by atoms with E-state index in [1.807, 2.05) is 63.4 Å². The van der Waals surface area contributed by atoms with Crippen LogP contribution >= 0.6 is 11.8 Å². The van der Waals surface area contributed by atoms with E-state index in [0.29, 0.717) is 5.75 Å². The fourth-order valence-corrected chi connectivity index (χ4v) is 3.67. The van der Waals surface area contributed by atoms with Crippen molar-refractivity contribution >= 4 is 17.5 Å². The summed E-state index contributed by atoms with van der Waals surface area (Å²) in [4.78, 5) is 14.1. The summed E-state index contributed by atoms with van der Waals surface area (Å²) >= 11 is 1.66. The van der Waals surface area contributed by atoms with Crippen LogP contribution in [0.2, 0.25) is 0 Å². The highest BCUT2D eigenvalue weighted by Crippen LogP contribution is 2.34. The molecular weight excluding hydrogens is 384 g/mol. The van der Waals surface area contributed by atoms with Crippen LogP contribution in [0.15, 0.2) is 41.3 Å². The number of benzene rings is 2. The van der Waals surface area contributed by atoms with Crippen LogP contribution in [0.25, 0.3) is 0 Å². The summed E-state index contributed by atoms with van der Waals surface area (Å²) in [7, 11) is 0. The summed E-state index contributed by atoms with van der Waals surface area (Å²) in [5.41, 5.74) is 2.49. The Morgan fingerprint density at radius 1 is 1.03 bits per heavy atom. The molecule has 2 aromatic rings. The molecule has 0 bridgehead atoms. The van der Waals surface area contributed by atoms with E-state index in [1.165, 1.54) is 0 Å². The number of thioether (sulfide) groups is 1. The second-order valence-electron chi connectivity index (χ2n) is 8.23. The Morgan fingerprint density at radius 2 is 1.55 bits per heavy atom.